The van der Waals surface area contributed by atoms with E-state index < -0.39 is 10.9 Å². The van der Waals surface area contributed by atoms with Crippen LogP contribution in [-0.4, -0.2) is 45.3 Å². The van der Waals surface area contributed by atoms with Crippen LogP contribution in [0.1, 0.15) is 15.9 Å². The largest absolute Gasteiger partial charge is 0.496 e. The quantitative estimate of drug-likeness (QED) is 0.533. The third-order valence-electron chi connectivity index (χ3n) is 3.39. The van der Waals surface area contributed by atoms with Gasteiger partial charge in [-0.05, 0) is 24.1 Å². The van der Waals surface area contributed by atoms with Crippen molar-refractivity contribution in [3.05, 3.63) is 51.8 Å². The minimum atomic E-state index is -1.05. The van der Waals surface area contributed by atoms with Gasteiger partial charge in [-0.1, -0.05) is 6.07 Å². The number of carboxylic acid groups (broad SMARTS) is 1. The molecule has 2 aromatic rings. The van der Waals surface area contributed by atoms with Crippen molar-refractivity contribution >= 4 is 17.6 Å². The van der Waals surface area contributed by atoms with E-state index in [-0.39, 0.29) is 23.7 Å². The number of carbonyl (C=O) groups is 2. The smallest absolute Gasteiger partial charge is 0.335 e. The summed E-state index contributed by atoms with van der Waals surface area (Å²) in [5.74, 6) is -0.970. The van der Waals surface area contributed by atoms with Crippen LogP contribution in [-0.2, 0) is 17.8 Å². The molecular formula is C15H16N4O6. The fraction of sp³-hybridized carbons (Fsp3) is 0.267. The van der Waals surface area contributed by atoms with Crippen LogP contribution in [0.3, 0.4) is 0 Å². The van der Waals surface area contributed by atoms with Gasteiger partial charge in [0, 0.05) is 6.54 Å². The van der Waals surface area contributed by atoms with Crippen LogP contribution in [0.5, 0.6) is 5.75 Å². The van der Waals surface area contributed by atoms with Crippen LogP contribution in [0, 0.1) is 10.1 Å². The average molecular weight is 348 g/mol. The summed E-state index contributed by atoms with van der Waals surface area (Å²) in [7, 11) is 1.44. The highest BCUT2D eigenvalue weighted by molar-refractivity contribution is 5.88. The second kappa shape index (κ2) is 7.90. The Morgan fingerprint density at radius 1 is 1.44 bits per heavy atom. The van der Waals surface area contributed by atoms with E-state index >= 15 is 0 Å². The van der Waals surface area contributed by atoms with Crippen LogP contribution in [0.25, 0.3) is 0 Å². The highest BCUT2D eigenvalue weighted by Gasteiger charge is 2.12. The van der Waals surface area contributed by atoms with E-state index in [0.717, 1.165) is 11.8 Å². The average Bonchev–Trinajstić information content (AvgIpc) is 3.03. The summed E-state index contributed by atoms with van der Waals surface area (Å²) in [6.45, 7) is 0.161. The summed E-state index contributed by atoms with van der Waals surface area (Å²) in [5.41, 5.74) is 0.684. The number of aromatic nitrogens is 2. The zero-order valence-electron chi connectivity index (χ0n) is 13.3. The van der Waals surface area contributed by atoms with Crippen molar-refractivity contribution in [3.8, 4) is 5.75 Å². The lowest BCUT2D eigenvalue weighted by atomic mass is 10.1. The summed E-state index contributed by atoms with van der Waals surface area (Å²) in [4.78, 5) is 32.7. The highest BCUT2D eigenvalue weighted by atomic mass is 16.6. The predicted octanol–water partition coefficient (Wildman–Crippen LogP) is 0.857. The van der Waals surface area contributed by atoms with Gasteiger partial charge in [0.15, 0.2) is 0 Å². The number of nitro groups is 1. The lowest BCUT2D eigenvalue weighted by molar-refractivity contribution is -0.385. The molecule has 132 valence electrons. The van der Waals surface area contributed by atoms with Gasteiger partial charge in [0.25, 0.3) is 0 Å². The van der Waals surface area contributed by atoms with Gasteiger partial charge < -0.3 is 15.2 Å². The van der Waals surface area contributed by atoms with Gasteiger partial charge in [0.2, 0.25) is 5.91 Å². The monoisotopic (exact) mass is 348 g/mol. The highest BCUT2D eigenvalue weighted by Crippen LogP contribution is 2.20. The molecule has 0 aliphatic rings. The van der Waals surface area contributed by atoms with Crippen molar-refractivity contribution in [3.63, 3.8) is 0 Å². The number of carboxylic acids is 1. The summed E-state index contributed by atoms with van der Waals surface area (Å²) >= 11 is 0. The van der Waals surface area contributed by atoms with E-state index in [1.165, 1.54) is 30.1 Å². The number of nitrogens with one attached hydrogen (secondary N) is 1. The van der Waals surface area contributed by atoms with Crippen LogP contribution >= 0.6 is 0 Å². The van der Waals surface area contributed by atoms with Crippen LogP contribution < -0.4 is 10.1 Å². The molecule has 0 aliphatic carbocycles. The molecular weight excluding hydrogens is 332 g/mol. The Labute approximate surface area is 142 Å². The number of amides is 1. The molecule has 0 bridgehead atoms. The molecule has 2 rings (SSSR count). The van der Waals surface area contributed by atoms with E-state index in [1.54, 1.807) is 6.07 Å². The van der Waals surface area contributed by atoms with Gasteiger partial charge in [-0.3, -0.25) is 19.6 Å². The second-order valence-corrected chi connectivity index (χ2v) is 5.08. The van der Waals surface area contributed by atoms with Crippen molar-refractivity contribution in [2.24, 2.45) is 0 Å². The second-order valence-electron chi connectivity index (χ2n) is 5.08. The Kier molecular flexibility index (Phi) is 5.66. The number of aromatic carboxylic acids is 1. The molecule has 0 saturated heterocycles. The molecule has 1 heterocycles. The third kappa shape index (κ3) is 4.77. The number of hydrogen-bond acceptors (Lipinski definition) is 6. The first-order valence-electron chi connectivity index (χ1n) is 7.24. The number of nitrogens with zero attached hydrogens (tertiary/aromatic N) is 3. The topological polar surface area (TPSA) is 137 Å². The maximum absolute atomic E-state index is 11.8. The molecule has 0 unspecified atom stereocenters. The lowest BCUT2D eigenvalue weighted by Gasteiger charge is -2.10. The molecule has 25 heavy (non-hydrogen) atoms. The Morgan fingerprint density at radius 3 is 2.80 bits per heavy atom. The minimum absolute atomic E-state index is 0.116. The molecule has 0 aliphatic heterocycles. The van der Waals surface area contributed by atoms with Gasteiger partial charge in [0.05, 0.1) is 17.6 Å². The molecule has 0 fully saturated rings. The Balaban J connectivity index is 1.88. The van der Waals surface area contributed by atoms with Crippen LogP contribution in [0.15, 0.2) is 30.6 Å². The summed E-state index contributed by atoms with van der Waals surface area (Å²) < 4.78 is 6.34. The van der Waals surface area contributed by atoms with Crippen molar-refractivity contribution in [2.45, 2.75) is 13.0 Å². The number of rotatable bonds is 8. The molecule has 10 heteroatoms. The zero-order chi connectivity index (χ0) is 18.4. The molecule has 2 N–H and O–H groups in total. The van der Waals surface area contributed by atoms with E-state index in [9.17, 15) is 19.7 Å². The zero-order valence-corrected chi connectivity index (χ0v) is 13.3. The molecule has 0 saturated carbocycles. The Hall–Kier alpha value is -3.43. The van der Waals surface area contributed by atoms with E-state index in [2.05, 4.69) is 10.4 Å². The number of methoxy groups -OCH3 is 1. The van der Waals surface area contributed by atoms with E-state index in [0.29, 0.717) is 18.7 Å². The summed E-state index contributed by atoms with van der Waals surface area (Å²) in [6, 6.07) is 4.51. The number of hydrogen-bond donors (Lipinski definition) is 2. The first kappa shape index (κ1) is 17.9. The van der Waals surface area contributed by atoms with Gasteiger partial charge in [-0.2, -0.15) is 5.10 Å². The molecule has 0 radical (unpaired) electrons. The number of carbonyl (C=O) groups excluding carboxylic acids is 1. The molecule has 1 aromatic heterocycles. The SMILES string of the molecule is COc1cc(C(=O)O)ccc1CCNC(=O)Cn1cc([N+](=O)[O-])cn1. The van der Waals surface area contributed by atoms with Crippen LogP contribution in [0.2, 0.25) is 0 Å². The normalized spacial score (nSPS) is 10.3. The predicted molar refractivity (Wildman–Crippen MR) is 85.5 cm³/mol. The minimum Gasteiger partial charge on any atom is -0.496 e. The van der Waals surface area contributed by atoms with Gasteiger partial charge in [0.1, 0.15) is 24.7 Å². The van der Waals surface area contributed by atoms with Crippen molar-refractivity contribution in [1.82, 2.24) is 15.1 Å². The molecule has 1 amide bonds. The molecule has 10 nitrogen and oxygen atoms in total. The standard InChI is InChI=1S/C15H16N4O6/c1-25-13-6-11(15(21)22)3-2-10(13)4-5-16-14(20)9-18-8-12(7-17-18)19(23)24/h2-3,6-8H,4-5,9H2,1H3,(H,16,20)(H,21,22). The maximum atomic E-state index is 11.8. The molecule has 0 atom stereocenters. The third-order valence-corrected chi connectivity index (χ3v) is 3.39. The maximum Gasteiger partial charge on any atom is 0.335 e. The fourth-order valence-corrected chi connectivity index (χ4v) is 2.16. The first-order valence-corrected chi connectivity index (χ1v) is 7.24. The van der Waals surface area contributed by atoms with E-state index in [4.69, 9.17) is 9.84 Å². The van der Waals surface area contributed by atoms with Gasteiger partial charge in [-0.25, -0.2) is 4.79 Å². The van der Waals surface area contributed by atoms with E-state index in [1.807, 2.05) is 0 Å². The van der Waals surface area contributed by atoms with Gasteiger partial charge in [-0.15, -0.1) is 0 Å². The summed E-state index contributed by atoms with van der Waals surface area (Å²) in [6.07, 6.45) is 2.68. The molecule has 1 aromatic carbocycles. The molecule has 0 spiro atoms. The Bertz CT molecular complexity index is 801. The number of benzene rings is 1. The van der Waals surface area contributed by atoms with Crippen molar-refractivity contribution in [2.75, 3.05) is 13.7 Å². The van der Waals surface area contributed by atoms with Gasteiger partial charge >= 0.3 is 11.7 Å². The fourth-order valence-electron chi connectivity index (χ4n) is 2.16. The van der Waals surface area contributed by atoms with Crippen molar-refractivity contribution in [1.29, 1.82) is 0 Å². The van der Waals surface area contributed by atoms with Crippen molar-refractivity contribution < 1.29 is 24.4 Å². The Morgan fingerprint density at radius 2 is 2.20 bits per heavy atom. The lowest BCUT2D eigenvalue weighted by Crippen LogP contribution is -2.29. The summed E-state index contributed by atoms with van der Waals surface area (Å²) in [5, 5.41) is 25.9. The number of ether oxygens (including phenoxy) is 1. The first-order chi connectivity index (χ1) is 11.9. The van der Waals surface area contributed by atoms with Crippen LogP contribution in [0.4, 0.5) is 5.69 Å².